The highest BCUT2D eigenvalue weighted by atomic mass is 32.1. The first-order valence-corrected chi connectivity index (χ1v) is 6.02. The third-order valence-corrected chi connectivity index (χ3v) is 3.26. The number of carboxylic acid groups (broad SMARTS) is 1. The summed E-state index contributed by atoms with van der Waals surface area (Å²) in [5.41, 5.74) is 0.354. The molecule has 0 saturated carbocycles. The van der Waals surface area contributed by atoms with Gasteiger partial charge in [0.15, 0.2) is 0 Å². The molecule has 1 heterocycles. The van der Waals surface area contributed by atoms with E-state index < -0.39 is 5.97 Å². The number of hydrogen-bond donors (Lipinski definition) is 2. The van der Waals surface area contributed by atoms with E-state index in [9.17, 15) is 4.79 Å². The Kier molecular flexibility index (Phi) is 5.03. The Hall–Kier alpha value is -1.31. The summed E-state index contributed by atoms with van der Waals surface area (Å²) in [6, 6.07) is 2.00. The molecule has 0 saturated heterocycles. The molecule has 0 bridgehead atoms. The van der Waals surface area contributed by atoms with Crippen LogP contribution in [0.2, 0.25) is 0 Å². The van der Waals surface area contributed by atoms with E-state index in [2.05, 4.69) is 18.2 Å². The third-order valence-electron chi connectivity index (χ3n) is 2.32. The van der Waals surface area contributed by atoms with Crippen molar-refractivity contribution in [3.63, 3.8) is 0 Å². The molecule has 1 unspecified atom stereocenters. The zero-order valence-electron chi connectivity index (χ0n) is 9.19. The maximum Gasteiger partial charge on any atom is 0.336 e. The van der Waals surface area contributed by atoms with Gasteiger partial charge in [0.05, 0.1) is 5.56 Å². The van der Waals surface area contributed by atoms with E-state index in [1.807, 2.05) is 0 Å². The molecule has 1 rings (SSSR count). The topological polar surface area (TPSA) is 49.3 Å². The minimum atomic E-state index is -0.877. The molecule has 0 aromatic carbocycles. The molecule has 0 fully saturated rings. The van der Waals surface area contributed by atoms with Gasteiger partial charge in [0.25, 0.3) is 0 Å². The quantitative estimate of drug-likeness (QED) is 0.747. The molecule has 0 radical (unpaired) electrons. The van der Waals surface area contributed by atoms with Crippen molar-refractivity contribution in [3.8, 4) is 12.3 Å². The molecular formula is C12H15NO2S. The number of aromatic carboxylic acids is 1. The van der Waals surface area contributed by atoms with E-state index in [4.69, 9.17) is 11.5 Å². The van der Waals surface area contributed by atoms with Crippen LogP contribution in [0, 0.1) is 12.3 Å². The maximum absolute atomic E-state index is 10.7. The van der Waals surface area contributed by atoms with Crippen molar-refractivity contribution in [2.75, 3.05) is 0 Å². The van der Waals surface area contributed by atoms with Gasteiger partial charge in [-0.1, -0.05) is 6.92 Å². The minimum Gasteiger partial charge on any atom is -0.478 e. The lowest BCUT2D eigenvalue weighted by molar-refractivity contribution is 0.0697. The van der Waals surface area contributed by atoms with Gasteiger partial charge in [-0.25, -0.2) is 4.79 Å². The highest BCUT2D eigenvalue weighted by Gasteiger charge is 2.08. The number of nitrogens with one attached hydrogen (secondary N) is 1. The van der Waals surface area contributed by atoms with Gasteiger partial charge in [-0.15, -0.1) is 23.7 Å². The average Bonchev–Trinajstić information content (AvgIpc) is 2.73. The molecule has 0 aliphatic rings. The molecule has 1 aromatic heterocycles. The molecule has 0 aliphatic carbocycles. The van der Waals surface area contributed by atoms with E-state index in [0.717, 1.165) is 11.3 Å². The van der Waals surface area contributed by atoms with Crippen LogP contribution in [0.5, 0.6) is 0 Å². The highest BCUT2D eigenvalue weighted by Crippen LogP contribution is 2.14. The fourth-order valence-corrected chi connectivity index (χ4v) is 2.14. The van der Waals surface area contributed by atoms with E-state index in [0.29, 0.717) is 24.6 Å². The van der Waals surface area contributed by atoms with Crippen LogP contribution in [-0.4, -0.2) is 17.1 Å². The molecule has 0 spiro atoms. The first kappa shape index (κ1) is 12.8. The highest BCUT2D eigenvalue weighted by molar-refractivity contribution is 7.10. The van der Waals surface area contributed by atoms with Crippen LogP contribution in [0.3, 0.4) is 0 Å². The number of thiophene rings is 1. The average molecular weight is 237 g/mol. The van der Waals surface area contributed by atoms with Gasteiger partial charge in [0.2, 0.25) is 0 Å². The van der Waals surface area contributed by atoms with Gasteiger partial charge in [-0.05, 0) is 12.5 Å². The summed E-state index contributed by atoms with van der Waals surface area (Å²) in [5.74, 6) is 1.75. The lowest BCUT2D eigenvalue weighted by Gasteiger charge is -2.12. The number of rotatable bonds is 6. The van der Waals surface area contributed by atoms with Crippen molar-refractivity contribution in [2.45, 2.75) is 32.4 Å². The van der Waals surface area contributed by atoms with E-state index in [-0.39, 0.29) is 0 Å². The Bertz CT molecular complexity index is 392. The molecule has 0 amide bonds. The molecule has 86 valence electrons. The van der Waals surface area contributed by atoms with Crippen molar-refractivity contribution in [2.24, 2.45) is 0 Å². The van der Waals surface area contributed by atoms with E-state index >= 15 is 0 Å². The van der Waals surface area contributed by atoms with Crippen LogP contribution < -0.4 is 5.32 Å². The number of carbonyl (C=O) groups is 1. The first-order chi connectivity index (χ1) is 7.67. The number of hydrogen-bond acceptors (Lipinski definition) is 3. The van der Waals surface area contributed by atoms with Gasteiger partial charge in [0, 0.05) is 29.3 Å². The number of terminal acetylenes is 1. The molecule has 1 atom stereocenters. The Morgan fingerprint density at radius 1 is 1.75 bits per heavy atom. The normalized spacial score (nSPS) is 12.0. The Morgan fingerprint density at radius 2 is 2.50 bits per heavy atom. The second-order valence-corrected chi connectivity index (χ2v) is 4.50. The smallest absolute Gasteiger partial charge is 0.336 e. The van der Waals surface area contributed by atoms with Gasteiger partial charge < -0.3 is 10.4 Å². The molecule has 4 heteroatoms. The van der Waals surface area contributed by atoms with E-state index in [1.54, 1.807) is 11.4 Å². The Labute approximate surface area is 99.5 Å². The largest absolute Gasteiger partial charge is 0.478 e. The molecule has 3 nitrogen and oxygen atoms in total. The molecular weight excluding hydrogens is 222 g/mol. The fraction of sp³-hybridized carbons (Fsp3) is 0.417. The molecule has 1 aromatic rings. The van der Waals surface area contributed by atoms with Crippen molar-refractivity contribution >= 4 is 17.3 Å². The van der Waals surface area contributed by atoms with Crippen molar-refractivity contribution in [1.82, 2.24) is 5.32 Å². The zero-order chi connectivity index (χ0) is 12.0. The summed E-state index contributed by atoms with van der Waals surface area (Å²) >= 11 is 1.45. The van der Waals surface area contributed by atoms with Crippen LogP contribution in [-0.2, 0) is 6.54 Å². The van der Waals surface area contributed by atoms with Crippen molar-refractivity contribution in [3.05, 3.63) is 21.9 Å². The van der Waals surface area contributed by atoms with Crippen molar-refractivity contribution in [1.29, 1.82) is 0 Å². The minimum absolute atomic E-state index is 0.306. The second kappa shape index (κ2) is 6.31. The van der Waals surface area contributed by atoms with Crippen LogP contribution in [0.1, 0.15) is 35.0 Å². The predicted octanol–water partition coefficient (Wildman–Crippen LogP) is 2.34. The predicted molar refractivity (Wildman–Crippen MR) is 65.6 cm³/mol. The molecule has 0 aliphatic heterocycles. The van der Waals surface area contributed by atoms with Crippen LogP contribution in [0.4, 0.5) is 0 Å². The maximum atomic E-state index is 10.7. The zero-order valence-corrected chi connectivity index (χ0v) is 10.0. The standard InChI is InChI=1S/C12H15NO2S/c1-3-5-10(4-2)13-7-11-6-9(8-16-11)12(14)15/h1,6,8,10,13H,4-5,7H2,2H3,(H,14,15). The summed E-state index contributed by atoms with van der Waals surface area (Å²) in [4.78, 5) is 11.7. The second-order valence-electron chi connectivity index (χ2n) is 3.50. The molecule has 16 heavy (non-hydrogen) atoms. The van der Waals surface area contributed by atoms with Gasteiger partial charge in [0.1, 0.15) is 0 Å². The first-order valence-electron chi connectivity index (χ1n) is 5.15. The fourth-order valence-electron chi connectivity index (χ4n) is 1.33. The van der Waals surface area contributed by atoms with Crippen molar-refractivity contribution < 1.29 is 9.90 Å². The van der Waals surface area contributed by atoms with Gasteiger partial charge in [-0.2, -0.15) is 0 Å². The lowest BCUT2D eigenvalue weighted by Crippen LogP contribution is -2.27. The molecule has 2 N–H and O–H groups in total. The summed E-state index contributed by atoms with van der Waals surface area (Å²) in [6.07, 6.45) is 6.93. The monoisotopic (exact) mass is 237 g/mol. The van der Waals surface area contributed by atoms with Crippen LogP contribution in [0.15, 0.2) is 11.4 Å². The third kappa shape index (κ3) is 3.69. The SMILES string of the molecule is C#CCC(CC)NCc1cc(C(=O)O)cs1. The van der Waals surface area contributed by atoms with E-state index in [1.165, 1.54) is 11.3 Å². The number of carboxylic acids is 1. The summed E-state index contributed by atoms with van der Waals surface area (Å²) in [7, 11) is 0. The van der Waals surface area contributed by atoms with Crippen LogP contribution >= 0.6 is 11.3 Å². The summed E-state index contributed by atoms with van der Waals surface area (Å²) in [5, 5.41) is 13.7. The summed E-state index contributed by atoms with van der Waals surface area (Å²) in [6.45, 7) is 2.75. The van der Waals surface area contributed by atoms with Gasteiger partial charge >= 0.3 is 5.97 Å². The van der Waals surface area contributed by atoms with Crippen LogP contribution in [0.25, 0.3) is 0 Å². The lowest BCUT2D eigenvalue weighted by atomic mass is 10.1. The van der Waals surface area contributed by atoms with Gasteiger partial charge in [-0.3, -0.25) is 0 Å². The summed E-state index contributed by atoms with van der Waals surface area (Å²) < 4.78 is 0. The Morgan fingerprint density at radius 3 is 3.00 bits per heavy atom. The Balaban J connectivity index is 2.47.